The molecule has 2 amide bonds. The minimum Gasteiger partial charge on any atom is -0.352 e. The van der Waals surface area contributed by atoms with Crippen LogP contribution in [0.3, 0.4) is 0 Å². The van der Waals surface area contributed by atoms with Gasteiger partial charge in [-0.3, -0.25) is 14.6 Å². The molecule has 1 saturated heterocycles. The Hall–Kier alpha value is -1.91. The Morgan fingerprint density at radius 1 is 1.50 bits per heavy atom. The number of piperidine rings is 1. The quantitative estimate of drug-likeness (QED) is 0.896. The fourth-order valence-corrected chi connectivity index (χ4v) is 2.56. The van der Waals surface area contributed by atoms with Gasteiger partial charge in [-0.05, 0) is 30.9 Å². The summed E-state index contributed by atoms with van der Waals surface area (Å²) < 4.78 is 0. The molecule has 1 aliphatic heterocycles. The van der Waals surface area contributed by atoms with E-state index >= 15 is 0 Å². The van der Waals surface area contributed by atoms with Gasteiger partial charge in [0, 0.05) is 44.9 Å². The Morgan fingerprint density at radius 2 is 2.35 bits per heavy atom. The van der Waals surface area contributed by atoms with Gasteiger partial charge >= 0.3 is 0 Å². The summed E-state index contributed by atoms with van der Waals surface area (Å²) >= 11 is 0. The first-order valence-electron chi connectivity index (χ1n) is 7.09. The molecule has 20 heavy (non-hydrogen) atoms. The van der Waals surface area contributed by atoms with Crippen molar-refractivity contribution < 1.29 is 9.59 Å². The Balaban J connectivity index is 1.81. The van der Waals surface area contributed by atoms with E-state index in [1.165, 1.54) is 6.92 Å². The van der Waals surface area contributed by atoms with E-state index < -0.39 is 0 Å². The van der Waals surface area contributed by atoms with E-state index in [-0.39, 0.29) is 17.9 Å². The monoisotopic (exact) mass is 275 g/mol. The van der Waals surface area contributed by atoms with Gasteiger partial charge in [0.25, 0.3) is 0 Å². The van der Waals surface area contributed by atoms with E-state index in [2.05, 4.69) is 10.3 Å². The summed E-state index contributed by atoms with van der Waals surface area (Å²) in [5, 5.41) is 2.90. The summed E-state index contributed by atoms with van der Waals surface area (Å²) in [4.78, 5) is 29.2. The Labute approximate surface area is 119 Å². The van der Waals surface area contributed by atoms with Crippen molar-refractivity contribution >= 4 is 11.8 Å². The minimum absolute atomic E-state index is 0.0281. The highest BCUT2D eigenvalue weighted by Gasteiger charge is 2.23. The van der Waals surface area contributed by atoms with E-state index in [9.17, 15) is 9.59 Å². The average molecular weight is 275 g/mol. The number of aromatic nitrogens is 1. The van der Waals surface area contributed by atoms with Crippen LogP contribution in [0.4, 0.5) is 0 Å². The van der Waals surface area contributed by atoms with Gasteiger partial charge in [0.15, 0.2) is 0 Å². The summed E-state index contributed by atoms with van der Waals surface area (Å²) in [6.45, 7) is 2.94. The molecule has 5 nitrogen and oxygen atoms in total. The standard InChI is InChI=1S/C15H21N3O2/c1-12(19)17-14-5-3-9-18(11-14)15(20)7-6-13-4-2-8-16-10-13/h2,4,8,10,14H,3,5-7,9,11H2,1H3,(H,17,19)/t14-/m1/s1. The molecule has 0 unspecified atom stereocenters. The molecule has 1 N–H and O–H groups in total. The van der Waals surface area contributed by atoms with Gasteiger partial charge in [-0.1, -0.05) is 6.07 Å². The predicted octanol–water partition coefficient (Wildman–Crippen LogP) is 1.14. The van der Waals surface area contributed by atoms with Crippen LogP contribution >= 0.6 is 0 Å². The highest BCUT2D eigenvalue weighted by molar-refractivity contribution is 5.77. The van der Waals surface area contributed by atoms with Crippen molar-refractivity contribution in [1.82, 2.24) is 15.2 Å². The molecule has 1 aromatic heterocycles. The fourth-order valence-electron chi connectivity index (χ4n) is 2.56. The Bertz CT molecular complexity index is 461. The smallest absolute Gasteiger partial charge is 0.222 e. The largest absolute Gasteiger partial charge is 0.352 e. The van der Waals surface area contributed by atoms with Gasteiger partial charge in [0.05, 0.1) is 0 Å². The number of rotatable bonds is 4. The first-order valence-corrected chi connectivity index (χ1v) is 7.09. The van der Waals surface area contributed by atoms with Gasteiger partial charge in [0.1, 0.15) is 0 Å². The van der Waals surface area contributed by atoms with Gasteiger partial charge in [-0.25, -0.2) is 0 Å². The second kappa shape index (κ2) is 7.03. The molecule has 0 aliphatic carbocycles. The van der Waals surface area contributed by atoms with Gasteiger partial charge in [-0.2, -0.15) is 0 Å². The van der Waals surface area contributed by atoms with Crippen molar-refractivity contribution in [2.75, 3.05) is 13.1 Å². The van der Waals surface area contributed by atoms with Crippen LogP contribution in [-0.2, 0) is 16.0 Å². The number of nitrogens with zero attached hydrogens (tertiary/aromatic N) is 2. The zero-order valence-electron chi connectivity index (χ0n) is 11.8. The molecule has 5 heteroatoms. The van der Waals surface area contributed by atoms with E-state index in [4.69, 9.17) is 0 Å². The van der Waals surface area contributed by atoms with Crippen LogP contribution in [0, 0.1) is 0 Å². The van der Waals surface area contributed by atoms with Crippen LogP contribution in [0.15, 0.2) is 24.5 Å². The summed E-state index contributed by atoms with van der Waals surface area (Å²) in [6.07, 6.45) is 6.64. The number of amides is 2. The summed E-state index contributed by atoms with van der Waals surface area (Å²) in [6, 6.07) is 3.97. The van der Waals surface area contributed by atoms with Crippen LogP contribution in [0.25, 0.3) is 0 Å². The van der Waals surface area contributed by atoms with Gasteiger partial charge in [-0.15, -0.1) is 0 Å². The number of nitrogens with one attached hydrogen (secondary N) is 1. The van der Waals surface area contributed by atoms with Crippen molar-refractivity contribution in [3.05, 3.63) is 30.1 Å². The lowest BCUT2D eigenvalue weighted by Crippen LogP contribution is -2.49. The lowest BCUT2D eigenvalue weighted by molar-refractivity contribution is -0.133. The number of pyridine rings is 1. The molecule has 108 valence electrons. The highest BCUT2D eigenvalue weighted by Crippen LogP contribution is 2.12. The second-order valence-corrected chi connectivity index (χ2v) is 5.24. The number of aryl methyl sites for hydroxylation is 1. The molecule has 0 bridgehead atoms. The lowest BCUT2D eigenvalue weighted by atomic mass is 10.0. The van der Waals surface area contributed by atoms with Crippen molar-refractivity contribution in [2.45, 2.75) is 38.6 Å². The third-order valence-corrected chi connectivity index (χ3v) is 3.53. The van der Waals surface area contributed by atoms with E-state index in [1.807, 2.05) is 17.0 Å². The normalized spacial score (nSPS) is 18.6. The maximum atomic E-state index is 12.2. The van der Waals surface area contributed by atoms with E-state index in [1.54, 1.807) is 12.4 Å². The third-order valence-electron chi connectivity index (χ3n) is 3.53. The molecule has 0 spiro atoms. The summed E-state index contributed by atoms with van der Waals surface area (Å²) in [5.74, 6) is 0.128. The maximum absolute atomic E-state index is 12.2. The van der Waals surface area contributed by atoms with Crippen LogP contribution in [0.5, 0.6) is 0 Å². The molecule has 1 fully saturated rings. The Morgan fingerprint density at radius 3 is 3.05 bits per heavy atom. The van der Waals surface area contributed by atoms with E-state index in [0.717, 1.165) is 24.9 Å². The van der Waals surface area contributed by atoms with Crippen molar-refractivity contribution in [3.63, 3.8) is 0 Å². The fraction of sp³-hybridized carbons (Fsp3) is 0.533. The van der Waals surface area contributed by atoms with Crippen LogP contribution in [-0.4, -0.2) is 40.8 Å². The molecule has 1 aromatic rings. The third kappa shape index (κ3) is 4.33. The summed E-state index contributed by atoms with van der Waals surface area (Å²) in [7, 11) is 0. The second-order valence-electron chi connectivity index (χ2n) is 5.24. The molecule has 2 rings (SSSR count). The number of hydrogen-bond donors (Lipinski definition) is 1. The lowest BCUT2D eigenvalue weighted by Gasteiger charge is -2.33. The molecule has 0 saturated carbocycles. The first kappa shape index (κ1) is 14.5. The molecule has 0 aromatic carbocycles. The predicted molar refractivity (Wildman–Crippen MR) is 76.0 cm³/mol. The number of hydrogen-bond acceptors (Lipinski definition) is 3. The van der Waals surface area contributed by atoms with Crippen molar-refractivity contribution in [1.29, 1.82) is 0 Å². The van der Waals surface area contributed by atoms with Gasteiger partial charge < -0.3 is 10.2 Å². The summed E-state index contributed by atoms with van der Waals surface area (Å²) in [5.41, 5.74) is 1.08. The van der Waals surface area contributed by atoms with Crippen molar-refractivity contribution in [3.8, 4) is 0 Å². The number of carbonyl (C=O) groups is 2. The molecule has 1 aliphatic rings. The van der Waals surface area contributed by atoms with Gasteiger partial charge in [0.2, 0.25) is 11.8 Å². The zero-order valence-corrected chi connectivity index (χ0v) is 11.8. The first-order chi connectivity index (χ1) is 9.65. The van der Waals surface area contributed by atoms with Crippen LogP contribution in [0.1, 0.15) is 31.7 Å². The Kier molecular flexibility index (Phi) is 5.09. The van der Waals surface area contributed by atoms with Crippen LogP contribution in [0.2, 0.25) is 0 Å². The molecule has 0 radical (unpaired) electrons. The molecular weight excluding hydrogens is 254 g/mol. The average Bonchev–Trinajstić information content (AvgIpc) is 2.45. The SMILES string of the molecule is CC(=O)N[C@@H]1CCCN(C(=O)CCc2cccnc2)C1. The highest BCUT2D eigenvalue weighted by atomic mass is 16.2. The molecular formula is C15H21N3O2. The molecule has 1 atom stereocenters. The zero-order chi connectivity index (χ0) is 14.4. The van der Waals surface area contributed by atoms with Crippen LogP contribution < -0.4 is 5.32 Å². The molecule has 2 heterocycles. The number of likely N-dealkylation sites (tertiary alicyclic amines) is 1. The minimum atomic E-state index is -0.0281. The van der Waals surface area contributed by atoms with E-state index in [0.29, 0.717) is 19.4 Å². The maximum Gasteiger partial charge on any atom is 0.222 e. The topological polar surface area (TPSA) is 62.3 Å². The number of carbonyl (C=O) groups excluding carboxylic acids is 2. The van der Waals surface area contributed by atoms with Crippen molar-refractivity contribution in [2.24, 2.45) is 0 Å².